The Labute approximate surface area is 233 Å². The van der Waals surface area contributed by atoms with Crippen molar-refractivity contribution in [1.82, 2.24) is 35.0 Å². The third-order valence-corrected chi connectivity index (χ3v) is 8.26. The van der Waals surface area contributed by atoms with E-state index in [1.807, 2.05) is 6.20 Å². The van der Waals surface area contributed by atoms with Crippen LogP contribution in [0.4, 0.5) is 0 Å². The van der Waals surface area contributed by atoms with Crippen LogP contribution in [-0.2, 0) is 17.9 Å². The molecule has 4 aromatic rings. The van der Waals surface area contributed by atoms with E-state index in [4.69, 9.17) is 10.1 Å². The second-order valence-corrected chi connectivity index (χ2v) is 11.2. The second kappa shape index (κ2) is 12.6. The molecule has 204 valence electrons. The van der Waals surface area contributed by atoms with Crippen molar-refractivity contribution in [1.29, 1.82) is 0 Å². The average molecular weight is 546 g/mol. The molecule has 0 radical (unpaired) electrons. The Hall–Kier alpha value is -3.47. The van der Waals surface area contributed by atoms with Gasteiger partial charge in [-0.1, -0.05) is 54.6 Å². The van der Waals surface area contributed by atoms with Gasteiger partial charge in [-0.2, -0.15) is 0 Å². The van der Waals surface area contributed by atoms with Crippen LogP contribution >= 0.6 is 11.3 Å². The first-order valence-corrected chi connectivity index (χ1v) is 14.4. The monoisotopic (exact) mass is 545 g/mol. The maximum absolute atomic E-state index is 10.8. The van der Waals surface area contributed by atoms with Gasteiger partial charge >= 0.3 is 5.97 Å². The Morgan fingerprint density at radius 3 is 2.56 bits per heavy atom. The number of tetrazole rings is 1. The summed E-state index contributed by atoms with van der Waals surface area (Å²) in [7, 11) is 0. The average Bonchev–Trinajstić information content (AvgIpc) is 3.63. The molecule has 0 bridgehead atoms. The van der Waals surface area contributed by atoms with E-state index in [0.717, 1.165) is 30.2 Å². The lowest BCUT2D eigenvalue weighted by atomic mass is 9.98. The van der Waals surface area contributed by atoms with Crippen LogP contribution in [0.15, 0.2) is 66.2 Å². The number of carboxylic acids is 1. The maximum Gasteiger partial charge on any atom is 0.303 e. The van der Waals surface area contributed by atoms with Crippen molar-refractivity contribution in [3.63, 3.8) is 0 Å². The van der Waals surface area contributed by atoms with Crippen LogP contribution in [0, 0.1) is 0 Å². The highest BCUT2D eigenvalue weighted by molar-refractivity contribution is 7.09. The Kier molecular flexibility index (Phi) is 8.75. The smallest absolute Gasteiger partial charge is 0.303 e. The molecule has 1 N–H and O–H groups in total. The van der Waals surface area contributed by atoms with Crippen LogP contribution in [-0.4, -0.2) is 71.2 Å². The van der Waals surface area contributed by atoms with Crippen LogP contribution in [0.1, 0.15) is 55.3 Å². The first-order chi connectivity index (χ1) is 19.0. The summed E-state index contributed by atoms with van der Waals surface area (Å²) in [4.78, 5) is 20.7. The Morgan fingerprint density at radius 1 is 1.05 bits per heavy atom. The molecular formula is C29H35N7O2S. The predicted octanol–water partition coefficient (Wildman–Crippen LogP) is 4.74. The van der Waals surface area contributed by atoms with E-state index in [1.165, 1.54) is 11.1 Å². The molecule has 0 aliphatic carbocycles. The first kappa shape index (κ1) is 27.1. The van der Waals surface area contributed by atoms with Gasteiger partial charge < -0.3 is 5.11 Å². The molecule has 3 atom stereocenters. The summed E-state index contributed by atoms with van der Waals surface area (Å²) < 4.78 is 1.75. The predicted molar refractivity (Wildman–Crippen MR) is 151 cm³/mol. The number of aliphatic carboxylic acids is 1. The second-order valence-electron chi connectivity index (χ2n) is 10.3. The minimum atomic E-state index is -0.779. The molecule has 2 aromatic carbocycles. The number of carboxylic acid groups (broad SMARTS) is 1. The molecule has 0 unspecified atom stereocenters. The van der Waals surface area contributed by atoms with Crippen molar-refractivity contribution in [2.75, 3.05) is 13.1 Å². The summed E-state index contributed by atoms with van der Waals surface area (Å²) >= 11 is 1.70. The van der Waals surface area contributed by atoms with E-state index in [1.54, 1.807) is 16.0 Å². The lowest BCUT2D eigenvalue weighted by Crippen LogP contribution is -2.56. The number of aryl methyl sites for hydroxylation is 1. The van der Waals surface area contributed by atoms with Crippen LogP contribution in [0.2, 0.25) is 0 Å². The zero-order chi connectivity index (χ0) is 27.2. The fourth-order valence-corrected chi connectivity index (χ4v) is 6.17. The van der Waals surface area contributed by atoms with Crippen molar-refractivity contribution in [2.45, 2.75) is 64.3 Å². The van der Waals surface area contributed by atoms with Gasteiger partial charge in [0.1, 0.15) is 5.01 Å². The van der Waals surface area contributed by atoms with E-state index in [0.29, 0.717) is 37.3 Å². The lowest BCUT2D eigenvalue weighted by Gasteiger charge is -2.47. The summed E-state index contributed by atoms with van der Waals surface area (Å²) in [6.07, 6.45) is 3.35. The third kappa shape index (κ3) is 6.58. The van der Waals surface area contributed by atoms with E-state index >= 15 is 0 Å². The molecule has 1 aliphatic rings. The van der Waals surface area contributed by atoms with Gasteiger partial charge in [0.25, 0.3) is 0 Å². The van der Waals surface area contributed by atoms with Gasteiger partial charge in [0.15, 0.2) is 5.82 Å². The van der Waals surface area contributed by atoms with Gasteiger partial charge in [-0.05, 0) is 48.2 Å². The van der Waals surface area contributed by atoms with Gasteiger partial charge in [0.2, 0.25) is 0 Å². The Bertz CT molecular complexity index is 1330. The standard InChI is InChI=1S/C29H35N7O2S/c1-21-19-35(22(2)18-34(21)20-23-8-4-3-5-9-23)27(29-30-15-17-39-29)24-11-13-25(14-12-24)28-31-32-33-36(28)16-7-6-10-26(37)38/h3-5,8-9,11-15,17,21-22,27H,6-7,10,16,18-20H2,1-2H3,(H,37,38)/t21-,22+,27-/m1/s1. The first-order valence-electron chi connectivity index (χ1n) is 13.5. The quantitative estimate of drug-likeness (QED) is 0.270. The van der Waals surface area contributed by atoms with Crippen LogP contribution in [0.25, 0.3) is 11.4 Å². The number of nitrogens with zero attached hydrogens (tertiary/aromatic N) is 7. The van der Waals surface area contributed by atoms with E-state index in [2.05, 4.69) is 99.2 Å². The molecule has 1 fully saturated rings. The van der Waals surface area contributed by atoms with Crippen molar-refractivity contribution >= 4 is 17.3 Å². The normalized spacial score (nSPS) is 19.2. The van der Waals surface area contributed by atoms with Gasteiger partial charge in [-0.15, -0.1) is 16.4 Å². The topological polar surface area (TPSA) is 100 Å². The highest BCUT2D eigenvalue weighted by Gasteiger charge is 2.35. The van der Waals surface area contributed by atoms with Crippen molar-refractivity contribution in [2.24, 2.45) is 0 Å². The zero-order valence-electron chi connectivity index (χ0n) is 22.4. The van der Waals surface area contributed by atoms with Crippen LogP contribution < -0.4 is 0 Å². The number of unbranched alkanes of at least 4 members (excludes halogenated alkanes) is 1. The summed E-state index contributed by atoms with van der Waals surface area (Å²) in [5.41, 5.74) is 3.49. The maximum atomic E-state index is 10.8. The highest BCUT2D eigenvalue weighted by Crippen LogP contribution is 2.35. The molecule has 0 spiro atoms. The number of piperazine rings is 1. The highest BCUT2D eigenvalue weighted by atomic mass is 32.1. The molecule has 10 heteroatoms. The zero-order valence-corrected chi connectivity index (χ0v) is 23.2. The molecule has 5 rings (SSSR count). The molecular weight excluding hydrogens is 510 g/mol. The SMILES string of the molecule is C[C@@H]1CN([C@H](c2ccc(-c3nnnn3CCCCC(=O)O)cc2)c2nccs2)[C@@H](C)CN1Cc1ccccc1. The number of rotatable bonds is 11. The summed E-state index contributed by atoms with van der Waals surface area (Å²) in [5, 5.41) is 24.3. The number of hydrogen-bond donors (Lipinski definition) is 1. The van der Waals surface area contributed by atoms with Gasteiger partial charge in [0, 0.05) is 61.8 Å². The number of carbonyl (C=O) groups is 1. The molecule has 0 amide bonds. The molecule has 1 saturated heterocycles. The number of benzene rings is 2. The number of hydrogen-bond acceptors (Lipinski definition) is 8. The van der Waals surface area contributed by atoms with E-state index in [9.17, 15) is 4.79 Å². The van der Waals surface area contributed by atoms with Gasteiger partial charge in [-0.25, -0.2) is 9.67 Å². The largest absolute Gasteiger partial charge is 0.481 e. The van der Waals surface area contributed by atoms with Crippen molar-refractivity contribution in [3.05, 3.63) is 82.3 Å². The number of aromatic nitrogens is 5. The van der Waals surface area contributed by atoms with E-state index < -0.39 is 5.97 Å². The third-order valence-electron chi connectivity index (χ3n) is 7.44. The molecule has 39 heavy (non-hydrogen) atoms. The lowest BCUT2D eigenvalue weighted by molar-refractivity contribution is -0.137. The summed E-state index contributed by atoms with van der Waals surface area (Å²) in [6, 6.07) is 20.0. The van der Waals surface area contributed by atoms with Crippen LogP contribution in [0.3, 0.4) is 0 Å². The van der Waals surface area contributed by atoms with Crippen LogP contribution in [0.5, 0.6) is 0 Å². The summed E-state index contributed by atoms with van der Waals surface area (Å²) in [6.45, 7) is 8.13. The molecule has 0 saturated carbocycles. The Morgan fingerprint density at radius 2 is 1.85 bits per heavy atom. The fraction of sp³-hybridized carbons (Fsp3) is 0.414. The van der Waals surface area contributed by atoms with Crippen molar-refractivity contribution in [3.8, 4) is 11.4 Å². The molecule has 3 heterocycles. The van der Waals surface area contributed by atoms with Gasteiger partial charge in [-0.3, -0.25) is 14.6 Å². The van der Waals surface area contributed by atoms with E-state index in [-0.39, 0.29) is 12.5 Å². The minimum Gasteiger partial charge on any atom is -0.481 e. The fourth-order valence-electron chi connectivity index (χ4n) is 5.38. The molecule has 9 nitrogen and oxygen atoms in total. The molecule has 1 aliphatic heterocycles. The van der Waals surface area contributed by atoms with Crippen molar-refractivity contribution < 1.29 is 9.90 Å². The number of thiazole rings is 1. The van der Waals surface area contributed by atoms with Gasteiger partial charge in [0.05, 0.1) is 6.04 Å². The summed E-state index contributed by atoms with van der Waals surface area (Å²) in [5.74, 6) is -0.0853. The minimum absolute atomic E-state index is 0.0717. The Balaban J connectivity index is 1.33. The molecule has 2 aromatic heterocycles.